The summed E-state index contributed by atoms with van der Waals surface area (Å²) in [5, 5.41) is 14.6. The fourth-order valence-corrected chi connectivity index (χ4v) is 3.74. The van der Waals surface area contributed by atoms with Crippen molar-refractivity contribution in [2.24, 2.45) is 0 Å². The van der Waals surface area contributed by atoms with E-state index in [1.165, 1.54) is 19.3 Å². The minimum Gasteiger partial charge on any atom is -0.318 e. The van der Waals surface area contributed by atoms with Crippen LogP contribution >= 0.6 is 0 Å². The molecule has 0 radical (unpaired) electrons. The first-order valence-electron chi connectivity index (χ1n) is 8.65. The quantitative estimate of drug-likeness (QED) is 0.928. The van der Waals surface area contributed by atoms with Crippen LogP contribution in [0.5, 0.6) is 0 Å². The van der Waals surface area contributed by atoms with Crippen LogP contribution in [0.15, 0.2) is 0 Å². The number of rotatable bonds is 4. The molecule has 1 aromatic rings. The van der Waals surface area contributed by atoms with Gasteiger partial charge in [-0.1, -0.05) is 31.3 Å². The smallest absolute Gasteiger partial charge is 0.318 e. The Balaban J connectivity index is 1.69. The third-order valence-electron chi connectivity index (χ3n) is 4.89. The van der Waals surface area contributed by atoms with E-state index in [1.54, 1.807) is 4.68 Å². The molecule has 7 nitrogen and oxygen atoms in total. The third-order valence-corrected chi connectivity index (χ3v) is 4.89. The second-order valence-corrected chi connectivity index (χ2v) is 6.44. The molecule has 22 heavy (non-hydrogen) atoms. The van der Waals surface area contributed by atoms with Crippen molar-refractivity contribution in [1.29, 1.82) is 0 Å². The van der Waals surface area contributed by atoms with Gasteiger partial charge in [0.15, 0.2) is 0 Å². The molecule has 2 bridgehead atoms. The number of nitrogens with zero attached hydrogens (tertiary/aromatic N) is 5. The molecule has 0 aliphatic carbocycles. The molecule has 2 saturated heterocycles. The summed E-state index contributed by atoms with van der Waals surface area (Å²) >= 11 is 0. The van der Waals surface area contributed by atoms with E-state index in [-0.39, 0.29) is 6.03 Å². The zero-order chi connectivity index (χ0) is 15.4. The maximum atomic E-state index is 12.8. The number of aromatic nitrogens is 4. The summed E-state index contributed by atoms with van der Waals surface area (Å²) < 4.78 is 1.69. The van der Waals surface area contributed by atoms with E-state index < -0.39 is 0 Å². The Bertz CT molecular complexity index is 488. The van der Waals surface area contributed by atoms with E-state index in [0.29, 0.717) is 18.0 Å². The summed E-state index contributed by atoms with van der Waals surface area (Å²) in [5.41, 5.74) is 0. The normalized spacial score (nSPS) is 24.9. The van der Waals surface area contributed by atoms with Crippen LogP contribution in [-0.4, -0.2) is 43.2 Å². The number of carbonyl (C=O) groups is 1. The second kappa shape index (κ2) is 7.07. The van der Waals surface area contributed by atoms with Gasteiger partial charge in [-0.05, 0) is 49.0 Å². The molecular formula is C15H26N6O. The number of piperidine rings is 1. The van der Waals surface area contributed by atoms with Gasteiger partial charge >= 0.3 is 6.03 Å². The Labute approximate surface area is 131 Å². The third kappa shape index (κ3) is 3.23. The van der Waals surface area contributed by atoms with Gasteiger partial charge in [-0.15, -0.1) is 0 Å². The highest BCUT2D eigenvalue weighted by atomic mass is 16.2. The van der Waals surface area contributed by atoms with E-state index in [4.69, 9.17) is 0 Å². The Morgan fingerprint density at radius 1 is 1.18 bits per heavy atom. The highest BCUT2D eigenvalue weighted by molar-refractivity contribution is 5.88. The van der Waals surface area contributed by atoms with Gasteiger partial charge in [0.25, 0.3) is 5.95 Å². The van der Waals surface area contributed by atoms with E-state index in [9.17, 15) is 4.79 Å². The molecule has 3 rings (SSSR count). The van der Waals surface area contributed by atoms with Crippen molar-refractivity contribution >= 4 is 12.0 Å². The number of carbonyl (C=O) groups excluding carboxylic acids is 1. The van der Waals surface area contributed by atoms with Crippen LogP contribution in [0.1, 0.15) is 64.7 Å². The lowest BCUT2D eigenvalue weighted by Crippen LogP contribution is -2.51. The molecule has 7 heteroatoms. The molecule has 2 atom stereocenters. The molecule has 2 unspecified atom stereocenters. The predicted molar refractivity (Wildman–Crippen MR) is 83.5 cm³/mol. The molecule has 0 saturated carbocycles. The van der Waals surface area contributed by atoms with Gasteiger partial charge in [0.2, 0.25) is 0 Å². The first kappa shape index (κ1) is 15.2. The van der Waals surface area contributed by atoms with Crippen LogP contribution in [0.25, 0.3) is 0 Å². The maximum absolute atomic E-state index is 12.8. The number of amides is 2. The summed E-state index contributed by atoms with van der Waals surface area (Å²) in [6.45, 7) is 2.87. The fraction of sp³-hybridized carbons (Fsp3) is 0.867. The monoisotopic (exact) mass is 306 g/mol. The standard InChI is InChI=1S/C15H26N6O/c1-2-3-11-20-14(17-18-19-20)16-15(22)21-12-7-4-5-8-13(21)10-6-9-12/h12-13H,2-11H2,1H3,(H,16,17,19,22). The topological polar surface area (TPSA) is 75.9 Å². The summed E-state index contributed by atoms with van der Waals surface area (Å²) in [6, 6.07) is 0.756. The molecule has 2 aliphatic rings. The van der Waals surface area contributed by atoms with Crippen molar-refractivity contribution in [3.63, 3.8) is 0 Å². The number of hydrogen-bond acceptors (Lipinski definition) is 4. The Hall–Kier alpha value is -1.66. The Morgan fingerprint density at radius 2 is 1.86 bits per heavy atom. The van der Waals surface area contributed by atoms with Gasteiger partial charge < -0.3 is 4.90 Å². The van der Waals surface area contributed by atoms with Crippen LogP contribution in [0, 0.1) is 0 Å². The van der Waals surface area contributed by atoms with E-state index in [2.05, 4.69) is 32.7 Å². The lowest BCUT2D eigenvalue weighted by molar-refractivity contribution is 0.119. The predicted octanol–water partition coefficient (Wildman–Crippen LogP) is 2.80. The van der Waals surface area contributed by atoms with Gasteiger partial charge in [-0.3, -0.25) is 5.32 Å². The molecule has 2 amide bonds. The van der Waals surface area contributed by atoms with E-state index in [1.807, 2.05) is 0 Å². The lowest BCUT2D eigenvalue weighted by Gasteiger charge is -2.40. The molecular weight excluding hydrogens is 280 g/mol. The molecule has 2 fully saturated rings. The van der Waals surface area contributed by atoms with Gasteiger partial charge in [-0.2, -0.15) is 0 Å². The van der Waals surface area contributed by atoms with Crippen LogP contribution in [0.2, 0.25) is 0 Å². The zero-order valence-electron chi connectivity index (χ0n) is 13.4. The summed E-state index contributed by atoms with van der Waals surface area (Å²) in [7, 11) is 0. The zero-order valence-corrected chi connectivity index (χ0v) is 13.4. The number of anilines is 1. The first-order chi connectivity index (χ1) is 10.8. The van der Waals surface area contributed by atoms with Gasteiger partial charge in [-0.25, -0.2) is 9.48 Å². The van der Waals surface area contributed by atoms with Crippen LogP contribution in [-0.2, 0) is 6.54 Å². The summed E-state index contributed by atoms with van der Waals surface area (Å²) in [5.74, 6) is 0.473. The molecule has 0 aromatic carbocycles. The average molecular weight is 306 g/mol. The van der Waals surface area contributed by atoms with Crippen molar-refractivity contribution < 1.29 is 4.79 Å². The van der Waals surface area contributed by atoms with Crippen LogP contribution in [0.3, 0.4) is 0 Å². The molecule has 0 spiro atoms. The highest BCUT2D eigenvalue weighted by Gasteiger charge is 2.35. The minimum absolute atomic E-state index is 0.0239. The van der Waals surface area contributed by atoms with E-state index >= 15 is 0 Å². The van der Waals surface area contributed by atoms with Crippen molar-refractivity contribution in [2.75, 3.05) is 5.32 Å². The average Bonchev–Trinajstić information content (AvgIpc) is 2.91. The number of aryl methyl sites for hydroxylation is 1. The highest BCUT2D eigenvalue weighted by Crippen LogP contribution is 2.33. The number of hydrogen-bond donors (Lipinski definition) is 1. The van der Waals surface area contributed by atoms with Crippen LogP contribution in [0.4, 0.5) is 10.7 Å². The summed E-state index contributed by atoms with van der Waals surface area (Å²) in [6.07, 6.45) is 10.3. The molecule has 2 aliphatic heterocycles. The van der Waals surface area contributed by atoms with Gasteiger partial charge in [0.1, 0.15) is 0 Å². The van der Waals surface area contributed by atoms with Crippen molar-refractivity contribution in [3.05, 3.63) is 0 Å². The molecule has 3 heterocycles. The number of tetrazole rings is 1. The number of fused-ring (bicyclic) bond motifs is 2. The first-order valence-corrected chi connectivity index (χ1v) is 8.65. The van der Waals surface area contributed by atoms with Gasteiger partial charge in [0, 0.05) is 18.6 Å². The lowest BCUT2D eigenvalue weighted by atomic mass is 9.95. The van der Waals surface area contributed by atoms with Crippen molar-refractivity contribution in [1.82, 2.24) is 25.1 Å². The van der Waals surface area contributed by atoms with Crippen molar-refractivity contribution in [2.45, 2.75) is 83.3 Å². The van der Waals surface area contributed by atoms with Crippen molar-refractivity contribution in [3.8, 4) is 0 Å². The maximum Gasteiger partial charge on any atom is 0.324 e. The second-order valence-electron chi connectivity index (χ2n) is 6.44. The molecule has 1 N–H and O–H groups in total. The SMILES string of the molecule is CCCCn1nnnc1NC(=O)N1C2CCCCC1CCC2. The van der Waals surface area contributed by atoms with E-state index in [0.717, 1.165) is 45.1 Å². The summed E-state index contributed by atoms with van der Waals surface area (Å²) in [4.78, 5) is 14.8. The molecule has 122 valence electrons. The van der Waals surface area contributed by atoms with Crippen LogP contribution < -0.4 is 5.32 Å². The Kier molecular flexibility index (Phi) is 4.90. The number of urea groups is 1. The van der Waals surface area contributed by atoms with Gasteiger partial charge in [0.05, 0.1) is 0 Å². The fourth-order valence-electron chi connectivity index (χ4n) is 3.74. The minimum atomic E-state index is -0.0239. The molecule has 1 aromatic heterocycles. The number of unbranched alkanes of at least 4 members (excludes halogenated alkanes) is 1. The largest absolute Gasteiger partial charge is 0.324 e. The number of nitrogens with one attached hydrogen (secondary N) is 1. The Morgan fingerprint density at radius 3 is 2.55 bits per heavy atom.